The van der Waals surface area contributed by atoms with E-state index in [2.05, 4.69) is 19.2 Å². The summed E-state index contributed by atoms with van der Waals surface area (Å²) in [5.74, 6) is 1.63. The van der Waals surface area contributed by atoms with Gasteiger partial charge in [0.25, 0.3) is 0 Å². The van der Waals surface area contributed by atoms with E-state index >= 15 is 0 Å². The fourth-order valence-corrected chi connectivity index (χ4v) is 3.37. The summed E-state index contributed by atoms with van der Waals surface area (Å²) in [5.41, 5.74) is 0.173. The Kier molecular flexibility index (Phi) is 6.11. The van der Waals surface area contributed by atoms with Gasteiger partial charge in [0.15, 0.2) is 0 Å². The maximum Gasteiger partial charge on any atom is 0.0729 e. The maximum atomic E-state index is 6.10. The molecule has 1 spiro atoms. The monoisotopic (exact) mass is 269 g/mol. The topological polar surface area (TPSA) is 30.5 Å². The minimum atomic E-state index is 0.173. The highest BCUT2D eigenvalue weighted by atomic mass is 16.5. The Labute approximate surface area is 118 Å². The van der Waals surface area contributed by atoms with Crippen molar-refractivity contribution in [2.24, 2.45) is 11.8 Å². The van der Waals surface area contributed by atoms with Crippen LogP contribution in [-0.2, 0) is 9.47 Å². The highest BCUT2D eigenvalue weighted by Crippen LogP contribution is 2.38. The van der Waals surface area contributed by atoms with E-state index in [1.54, 1.807) is 0 Å². The first-order valence-electron chi connectivity index (χ1n) is 8.13. The lowest BCUT2D eigenvalue weighted by Gasteiger charge is -2.43. The van der Waals surface area contributed by atoms with Crippen LogP contribution < -0.4 is 5.32 Å². The molecular formula is C16H31NO2. The van der Waals surface area contributed by atoms with E-state index in [-0.39, 0.29) is 5.60 Å². The molecule has 1 N–H and O–H groups in total. The van der Waals surface area contributed by atoms with Crippen molar-refractivity contribution in [3.63, 3.8) is 0 Å². The molecule has 3 heteroatoms. The van der Waals surface area contributed by atoms with Crippen LogP contribution in [0.1, 0.15) is 52.4 Å². The van der Waals surface area contributed by atoms with Crippen LogP contribution in [0.15, 0.2) is 0 Å². The summed E-state index contributed by atoms with van der Waals surface area (Å²) in [6.45, 7) is 9.59. The minimum absolute atomic E-state index is 0.173. The molecule has 2 heterocycles. The Morgan fingerprint density at radius 3 is 2.74 bits per heavy atom. The number of hydrogen-bond donors (Lipinski definition) is 1. The molecule has 0 saturated carbocycles. The van der Waals surface area contributed by atoms with Gasteiger partial charge >= 0.3 is 0 Å². The first-order valence-corrected chi connectivity index (χ1v) is 8.13. The minimum Gasteiger partial charge on any atom is -0.381 e. The number of hydrogen-bond acceptors (Lipinski definition) is 3. The molecule has 2 saturated heterocycles. The normalized spacial score (nSPS) is 27.0. The molecule has 1 unspecified atom stereocenters. The van der Waals surface area contributed by atoms with Crippen LogP contribution in [0.4, 0.5) is 0 Å². The molecule has 0 bridgehead atoms. The number of rotatable bonds is 6. The summed E-state index contributed by atoms with van der Waals surface area (Å²) in [6.07, 6.45) is 7.40. The molecule has 2 aliphatic heterocycles. The van der Waals surface area contributed by atoms with Crippen molar-refractivity contribution in [2.75, 3.05) is 32.9 Å². The first-order chi connectivity index (χ1) is 9.20. The second-order valence-electron chi connectivity index (χ2n) is 6.74. The van der Waals surface area contributed by atoms with Crippen molar-refractivity contribution in [3.05, 3.63) is 0 Å². The van der Waals surface area contributed by atoms with Crippen molar-refractivity contribution >= 4 is 0 Å². The third-order valence-corrected chi connectivity index (χ3v) is 4.52. The highest BCUT2D eigenvalue weighted by molar-refractivity contribution is 4.89. The van der Waals surface area contributed by atoms with Gasteiger partial charge in [-0.1, -0.05) is 13.8 Å². The van der Waals surface area contributed by atoms with Crippen molar-refractivity contribution in [2.45, 2.75) is 58.0 Å². The van der Waals surface area contributed by atoms with Crippen molar-refractivity contribution < 1.29 is 9.47 Å². The third kappa shape index (κ3) is 5.05. The average molecular weight is 269 g/mol. The molecule has 0 aromatic carbocycles. The van der Waals surface area contributed by atoms with E-state index in [4.69, 9.17) is 9.47 Å². The Morgan fingerprint density at radius 1 is 1.21 bits per heavy atom. The average Bonchev–Trinajstić information content (AvgIpc) is 2.39. The largest absolute Gasteiger partial charge is 0.381 e. The second-order valence-corrected chi connectivity index (χ2v) is 6.74. The molecule has 1 atom stereocenters. The third-order valence-electron chi connectivity index (χ3n) is 4.52. The van der Waals surface area contributed by atoms with Gasteiger partial charge in [-0.25, -0.2) is 0 Å². The summed E-state index contributed by atoms with van der Waals surface area (Å²) in [4.78, 5) is 0. The zero-order valence-electron chi connectivity index (χ0n) is 12.7. The standard InChI is InChI=1S/C16H31NO2/c1-14(2)13-17-8-3-4-15-5-9-19-16(12-15)6-10-18-11-7-16/h14-15,17H,3-13H2,1-2H3. The van der Waals surface area contributed by atoms with E-state index in [1.807, 2.05) is 0 Å². The van der Waals surface area contributed by atoms with Gasteiger partial charge in [0.1, 0.15) is 0 Å². The molecule has 0 aliphatic carbocycles. The lowest BCUT2D eigenvalue weighted by Crippen LogP contribution is -2.44. The second kappa shape index (κ2) is 7.61. The summed E-state index contributed by atoms with van der Waals surface area (Å²) in [5, 5.41) is 3.54. The Hall–Kier alpha value is -0.120. The summed E-state index contributed by atoms with van der Waals surface area (Å²) in [6, 6.07) is 0. The fraction of sp³-hybridized carbons (Fsp3) is 1.00. The van der Waals surface area contributed by atoms with E-state index in [0.29, 0.717) is 0 Å². The van der Waals surface area contributed by atoms with Crippen LogP contribution in [0, 0.1) is 11.8 Å². The van der Waals surface area contributed by atoms with Crippen LogP contribution in [0.25, 0.3) is 0 Å². The summed E-state index contributed by atoms with van der Waals surface area (Å²) in [7, 11) is 0. The molecule has 0 aromatic heterocycles. The number of ether oxygens (including phenoxy) is 2. The molecule has 19 heavy (non-hydrogen) atoms. The molecule has 2 fully saturated rings. The van der Waals surface area contributed by atoms with Gasteiger partial charge in [-0.2, -0.15) is 0 Å². The van der Waals surface area contributed by atoms with Crippen LogP contribution in [0.2, 0.25) is 0 Å². The van der Waals surface area contributed by atoms with Gasteiger partial charge in [-0.3, -0.25) is 0 Å². The fourth-order valence-electron chi connectivity index (χ4n) is 3.37. The molecule has 0 radical (unpaired) electrons. The molecule has 2 rings (SSSR count). The predicted octanol–water partition coefficient (Wildman–Crippen LogP) is 2.99. The van der Waals surface area contributed by atoms with Gasteiger partial charge < -0.3 is 14.8 Å². The molecule has 3 nitrogen and oxygen atoms in total. The van der Waals surface area contributed by atoms with Crippen LogP contribution in [-0.4, -0.2) is 38.5 Å². The van der Waals surface area contributed by atoms with Crippen LogP contribution >= 0.6 is 0 Å². The van der Waals surface area contributed by atoms with Crippen molar-refractivity contribution in [3.8, 4) is 0 Å². The molecule has 0 amide bonds. The lowest BCUT2D eigenvalue weighted by molar-refractivity contribution is -0.147. The van der Waals surface area contributed by atoms with Gasteiger partial charge in [-0.15, -0.1) is 0 Å². The van der Waals surface area contributed by atoms with Crippen LogP contribution in [0.5, 0.6) is 0 Å². The van der Waals surface area contributed by atoms with Gasteiger partial charge in [0.05, 0.1) is 5.60 Å². The van der Waals surface area contributed by atoms with E-state index < -0.39 is 0 Å². The van der Waals surface area contributed by atoms with E-state index in [9.17, 15) is 0 Å². The predicted molar refractivity (Wildman–Crippen MR) is 78.4 cm³/mol. The lowest BCUT2D eigenvalue weighted by atomic mass is 9.79. The molecule has 2 aliphatic rings. The Balaban J connectivity index is 1.64. The van der Waals surface area contributed by atoms with Gasteiger partial charge in [0, 0.05) is 19.8 Å². The molecule has 112 valence electrons. The zero-order chi connectivity index (χ0) is 13.6. The molecular weight excluding hydrogens is 238 g/mol. The zero-order valence-corrected chi connectivity index (χ0v) is 12.7. The maximum absolute atomic E-state index is 6.10. The van der Waals surface area contributed by atoms with Gasteiger partial charge in [0.2, 0.25) is 0 Å². The Morgan fingerprint density at radius 2 is 2.00 bits per heavy atom. The quantitative estimate of drug-likeness (QED) is 0.752. The smallest absolute Gasteiger partial charge is 0.0729 e. The van der Waals surface area contributed by atoms with Crippen molar-refractivity contribution in [1.82, 2.24) is 5.32 Å². The van der Waals surface area contributed by atoms with Crippen molar-refractivity contribution in [1.29, 1.82) is 0 Å². The summed E-state index contributed by atoms with van der Waals surface area (Å²) >= 11 is 0. The van der Waals surface area contributed by atoms with Crippen LogP contribution in [0.3, 0.4) is 0 Å². The highest BCUT2D eigenvalue weighted by Gasteiger charge is 2.38. The number of nitrogens with one attached hydrogen (secondary N) is 1. The SMILES string of the molecule is CC(C)CNCCCC1CCOC2(CCOCC2)C1. The van der Waals surface area contributed by atoms with Gasteiger partial charge in [-0.05, 0) is 63.5 Å². The first kappa shape index (κ1) is 15.3. The Bertz CT molecular complexity index is 244. The summed E-state index contributed by atoms with van der Waals surface area (Å²) < 4.78 is 11.6. The van der Waals surface area contributed by atoms with E-state index in [1.165, 1.54) is 32.2 Å². The van der Waals surface area contributed by atoms with E-state index in [0.717, 1.165) is 51.0 Å². The molecule has 0 aromatic rings.